The number of hydrogen-bond donors (Lipinski definition) is 2. The van der Waals surface area contributed by atoms with Gasteiger partial charge in [-0.05, 0) is 18.2 Å². The Labute approximate surface area is 86.4 Å². The third-order valence-corrected chi connectivity index (χ3v) is 2.63. The lowest BCUT2D eigenvalue weighted by Crippen LogP contribution is -2.16. The molecule has 74 valence electrons. The molecule has 2 aromatic rings. The molecule has 0 fully saturated rings. The minimum Gasteiger partial charge on any atom is -0.368 e. The van der Waals surface area contributed by atoms with Crippen molar-refractivity contribution in [3.05, 3.63) is 46.1 Å². The number of para-hydroxylation sites is 1. The number of H-pyrrole nitrogens is 1. The van der Waals surface area contributed by atoms with Gasteiger partial charge in [0.2, 0.25) is 0 Å². The largest absolute Gasteiger partial charge is 0.368 e. The van der Waals surface area contributed by atoms with Crippen LogP contribution in [0.3, 0.4) is 0 Å². The van der Waals surface area contributed by atoms with E-state index in [0.717, 1.165) is 28.8 Å². The van der Waals surface area contributed by atoms with E-state index in [1.165, 1.54) is 0 Å². The van der Waals surface area contributed by atoms with Gasteiger partial charge in [-0.2, -0.15) is 0 Å². The van der Waals surface area contributed by atoms with E-state index in [4.69, 9.17) is 0 Å². The van der Waals surface area contributed by atoms with E-state index in [0.29, 0.717) is 0 Å². The lowest BCUT2D eigenvalue weighted by molar-refractivity contribution is 1.22. The topological polar surface area (TPSA) is 44.9 Å². The Morgan fingerprint density at radius 2 is 2.07 bits per heavy atom. The molecule has 1 aliphatic rings. The first-order valence-electron chi connectivity index (χ1n) is 4.92. The van der Waals surface area contributed by atoms with Crippen LogP contribution in [0, 0.1) is 0 Å². The zero-order chi connectivity index (χ0) is 10.3. The van der Waals surface area contributed by atoms with E-state index in [1.807, 2.05) is 36.4 Å². The number of anilines is 1. The van der Waals surface area contributed by atoms with E-state index in [1.54, 1.807) is 0 Å². The molecule has 15 heavy (non-hydrogen) atoms. The summed E-state index contributed by atoms with van der Waals surface area (Å²) in [5, 5.41) is 3.89. The Bertz CT molecular complexity index is 611. The first kappa shape index (κ1) is 8.29. The molecule has 0 saturated carbocycles. The number of nitrogens with one attached hydrogen (secondary N) is 2. The molecule has 1 aromatic carbocycles. The number of hydrogen-bond acceptors (Lipinski definition) is 2. The Balaban J connectivity index is 2.48. The van der Waals surface area contributed by atoms with Crippen molar-refractivity contribution in [2.75, 3.05) is 11.9 Å². The Morgan fingerprint density at radius 1 is 1.20 bits per heavy atom. The lowest BCUT2D eigenvalue weighted by atomic mass is 10.1. The zero-order valence-electron chi connectivity index (χ0n) is 8.08. The summed E-state index contributed by atoms with van der Waals surface area (Å²) in [6.07, 6.45) is 3.82. The minimum absolute atomic E-state index is 0.0859. The second-order valence-electron chi connectivity index (χ2n) is 3.57. The molecule has 3 rings (SSSR count). The molecular weight excluding hydrogens is 188 g/mol. The summed E-state index contributed by atoms with van der Waals surface area (Å²) in [6, 6.07) is 7.56. The van der Waals surface area contributed by atoms with Crippen LogP contribution in [0.25, 0.3) is 17.0 Å². The monoisotopic (exact) mass is 198 g/mol. The van der Waals surface area contributed by atoms with Gasteiger partial charge in [-0.1, -0.05) is 18.2 Å². The van der Waals surface area contributed by atoms with Crippen LogP contribution in [0.5, 0.6) is 0 Å². The number of benzene rings is 1. The lowest BCUT2D eigenvalue weighted by Gasteiger charge is -2.13. The SMILES string of the molecule is O=c1c2c([nH]c3ccccc13)NCC=C2. The van der Waals surface area contributed by atoms with E-state index in [9.17, 15) is 4.79 Å². The minimum atomic E-state index is 0.0859. The standard InChI is InChI=1S/C12H10N2O/c15-11-8-4-1-2-6-10(8)14-12-9(11)5-3-7-13-12/h1-6H,7H2,(H2,13,14,15). The summed E-state index contributed by atoms with van der Waals surface area (Å²) in [7, 11) is 0. The Hall–Kier alpha value is -2.03. The predicted molar refractivity (Wildman–Crippen MR) is 62.1 cm³/mol. The molecule has 2 heterocycles. The average molecular weight is 198 g/mol. The number of rotatable bonds is 0. The quantitative estimate of drug-likeness (QED) is 0.679. The van der Waals surface area contributed by atoms with Crippen molar-refractivity contribution in [3.8, 4) is 0 Å². The van der Waals surface area contributed by atoms with Crippen molar-refractivity contribution < 1.29 is 0 Å². The molecule has 0 radical (unpaired) electrons. The van der Waals surface area contributed by atoms with Gasteiger partial charge in [-0.25, -0.2) is 0 Å². The van der Waals surface area contributed by atoms with E-state index in [2.05, 4.69) is 10.3 Å². The maximum atomic E-state index is 12.1. The van der Waals surface area contributed by atoms with Gasteiger partial charge in [-0.3, -0.25) is 4.79 Å². The molecule has 3 heteroatoms. The van der Waals surface area contributed by atoms with Crippen LogP contribution in [-0.4, -0.2) is 11.5 Å². The highest BCUT2D eigenvalue weighted by Gasteiger charge is 2.10. The van der Waals surface area contributed by atoms with Crippen LogP contribution in [-0.2, 0) is 0 Å². The molecule has 0 atom stereocenters. The van der Waals surface area contributed by atoms with E-state index < -0.39 is 0 Å². The molecule has 3 nitrogen and oxygen atoms in total. The maximum Gasteiger partial charge on any atom is 0.198 e. The number of aromatic amines is 1. The van der Waals surface area contributed by atoms with Crippen molar-refractivity contribution in [2.24, 2.45) is 0 Å². The van der Waals surface area contributed by atoms with Gasteiger partial charge in [0.05, 0.1) is 11.1 Å². The van der Waals surface area contributed by atoms with Gasteiger partial charge in [0, 0.05) is 11.9 Å². The van der Waals surface area contributed by atoms with Crippen LogP contribution < -0.4 is 10.7 Å². The third-order valence-electron chi connectivity index (χ3n) is 2.63. The summed E-state index contributed by atoms with van der Waals surface area (Å²) < 4.78 is 0. The highest BCUT2D eigenvalue weighted by atomic mass is 16.1. The summed E-state index contributed by atoms with van der Waals surface area (Å²) in [5.41, 5.74) is 1.69. The van der Waals surface area contributed by atoms with Crippen molar-refractivity contribution in [1.29, 1.82) is 0 Å². The normalized spacial score (nSPS) is 13.6. The van der Waals surface area contributed by atoms with Gasteiger partial charge in [0.25, 0.3) is 0 Å². The second kappa shape index (κ2) is 2.98. The first-order valence-corrected chi connectivity index (χ1v) is 4.92. The summed E-state index contributed by atoms with van der Waals surface area (Å²) in [6.45, 7) is 0.765. The fourth-order valence-corrected chi connectivity index (χ4v) is 1.89. The van der Waals surface area contributed by atoms with Crippen LogP contribution in [0.1, 0.15) is 5.56 Å². The van der Waals surface area contributed by atoms with E-state index >= 15 is 0 Å². The molecular formula is C12H10N2O. The molecule has 0 amide bonds. The van der Waals surface area contributed by atoms with Crippen LogP contribution in [0.4, 0.5) is 5.82 Å². The van der Waals surface area contributed by atoms with E-state index in [-0.39, 0.29) is 5.43 Å². The number of aromatic nitrogens is 1. The van der Waals surface area contributed by atoms with Crippen LogP contribution in [0.15, 0.2) is 35.1 Å². The third kappa shape index (κ3) is 1.16. The van der Waals surface area contributed by atoms with Crippen molar-refractivity contribution >= 4 is 22.8 Å². The fraction of sp³-hybridized carbons (Fsp3) is 0.0833. The summed E-state index contributed by atoms with van der Waals surface area (Å²) >= 11 is 0. The van der Waals surface area contributed by atoms with Crippen molar-refractivity contribution in [3.63, 3.8) is 0 Å². The van der Waals surface area contributed by atoms with Gasteiger partial charge in [-0.15, -0.1) is 0 Å². The Morgan fingerprint density at radius 3 is 3.00 bits per heavy atom. The highest BCUT2D eigenvalue weighted by molar-refractivity contribution is 5.85. The molecule has 0 aliphatic carbocycles. The Kier molecular flexibility index (Phi) is 1.65. The summed E-state index contributed by atoms with van der Waals surface area (Å²) in [5.74, 6) is 0.821. The number of pyridine rings is 1. The van der Waals surface area contributed by atoms with Crippen LogP contribution >= 0.6 is 0 Å². The number of fused-ring (bicyclic) bond motifs is 2. The molecule has 0 unspecified atom stereocenters. The summed E-state index contributed by atoms with van der Waals surface area (Å²) in [4.78, 5) is 15.3. The first-order chi connectivity index (χ1) is 7.36. The zero-order valence-corrected chi connectivity index (χ0v) is 8.08. The molecule has 0 saturated heterocycles. The maximum absolute atomic E-state index is 12.1. The van der Waals surface area contributed by atoms with Gasteiger partial charge < -0.3 is 10.3 Å². The second-order valence-corrected chi connectivity index (χ2v) is 3.57. The fourth-order valence-electron chi connectivity index (χ4n) is 1.89. The molecule has 2 N–H and O–H groups in total. The van der Waals surface area contributed by atoms with Crippen LogP contribution in [0.2, 0.25) is 0 Å². The molecule has 0 bridgehead atoms. The van der Waals surface area contributed by atoms with Crippen molar-refractivity contribution in [2.45, 2.75) is 0 Å². The van der Waals surface area contributed by atoms with Gasteiger partial charge >= 0.3 is 0 Å². The van der Waals surface area contributed by atoms with Gasteiger partial charge in [0.15, 0.2) is 5.43 Å². The van der Waals surface area contributed by atoms with Gasteiger partial charge in [0.1, 0.15) is 5.82 Å². The average Bonchev–Trinajstić information content (AvgIpc) is 2.30. The molecule has 1 aromatic heterocycles. The highest BCUT2D eigenvalue weighted by Crippen LogP contribution is 2.18. The molecule has 1 aliphatic heterocycles. The predicted octanol–water partition coefficient (Wildman–Crippen LogP) is 1.97. The smallest absolute Gasteiger partial charge is 0.198 e. The molecule has 0 spiro atoms. The van der Waals surface area contributed by atoms with Crippen molar-refractivity contribution in [1.82, 2.24) is 4.98 Å².